The highest BCUT2D eigenvalue weighted by Crippen LogP contribution is 1.78. The zero-order chi connectivity index (χ0) is 6.69. The van der Waals surface area contributed by atoms with E-state index in [1.807, 2.05) is 0 Å². The van der Waals surface area contributed by atoms with Gasteiger partial charge in [0.15, 0.2) is 0 Å². The van der Waals surface area contributed by atoms with Gasteiger partial charge in [-0.25, -0.2) is 0 Å². The van der Waals surface area contributed by atoms with E-state index in [2.05, 4.69) is 9.97 Å². The number of rotatable bonds is 0. The first-order valence-corrected chi connectivity index (χ1v) is 2.27. The Hall–Kier alpha value is -1.63. The molecule has 0 aliphatic rings. The lowest BCUT2D eigenvalue weighted by Crippen LogP contribution is -2.05. The number of hydrogen-bond acceptors (Lipinski definition) is 3. The summed E-state index contributed by atoms with van der Waals surface area (Å²) in [7, 11) is 0. The van der Waals surface area contributed by atoms with Crippen molar-refractivity contribution in [1.29, 1.82) is 5.26 Å². The fourth-order valence-electron chi connectivity index (χ4n) is 0.434. The SMILES string of the molecule is N#Cc1cncc(=O)[nH]1. The lowest BCUT2D eigenvalue weighted by atomic mass is 10.5. The fraction of sp³-hybridized carbons (Fsp3) is 0. The molecular weight excluding hydrogens is 118 g/mol. The van der Waals surface area contributed by atoms with Gasteiger partial charge in [0.2, 0.25) is 0 Å². The zero-order valence-corrected chi connectivity index (χ0v) is 4.46. The van der Waals surface area contributed by atoms with Gasteiger partial charge in [-0.1, -0.05) is 0 Å². The summed E-state index contributed by atoms with van der Waals surface area (Å²) in [5, 5.41) is 8.20. The first kappa shape index (κ1) is 5.51. The molecule has 1 heterocycles. The Kier molecular flexibility index (Phi) is 1.28. The molecule has 0 spiro atoms. The molecule has 44 valence electrons. The first-order chi connectivity index (χ1) is 4.33. The molecule has 4 nitrogen and oxygen atoms in total. The Morgan fingerprint density at radius 3 is 2.89 bits per heavy atom. The molecule has 4 heteroatoms. The molecule has 0 bridgehead atoms. The van der Waals surface area contributed by atoms with Gasteiger partial charge < -0.3 is 4.98 Å². The van der Waals surface area contributed by atoms with E-state index in [4.69, 9.17) is 5.26 Å². The van der Waals surface area contributed by atoms with E-state index in [9.17, 15) is 4.79 Å². The molecule has 0 saturated heterocycles. The highest BCUT2D eigenvalue weighted by atomic mass is 16.1. The smallest absolute Gasteiger partial charge is 0.267 e. The minimum atomic E-state index is -0.353. The van der Waals surface area contributed by atoms with Crippen LogP contribution in [-0.2, 0) is 0 Å². The molecule has 0 saturated carbocycles. The molecule has 0 aliphatic carbocycles. The molecular formula is C5H3N3O. The van der Waals surface area contributed by atoms with Gasteiger partial charge in [0.05, 0.1) is 12.4 Å². The third-order valence-corrected chi connectivity index (χ3v) is 0.774. The van der Waals surface area contributed by atoms with E-state index in [1.165, 1.54) is 6.20 Å². The topological polar surface area (TPSA) is 69.5 Å². The van der Waals surface area contributed by atoms with Crippen molar-refractivity contribution < 1.29 is 0 Å². The summed E-state index contributed by atoms with van der Waals surface area (Å²) in [6, 6.07) is 1.75. The Morgan fingerprint density at radius 1 is 1.67 bits per heavy atom. The van der Waals surface area contributed by atoms with Crippen molar-refractivity contribution in [2.24, 2.45) is 0 Å². The monoisotopic (exact) mass is 121 g/mol. The Balaban J connectivity index is 3.28. The van der Waals surface area contributed by atoms with E-state index in [0.29, 0.717) is 0 Å². The van der Waals surface area contributed by atoms with Crippen molar-refractivity contribution in [3.8, 4) is 6.07 Å². The number of nitriles is 1. The number of aromatic amines is 1. The van der Waals surface area contributed by atoms with Crippen molar-refractivity contribution >= 4 is 0 Å². The maximum atomic E-state index is 10.4. The molecule has 0 fully saturated rings. The second-order valence-electron chi connectivity index (χ2n) is 1.42. The highest BCUT2D eigenvalue weighted by Gasteiger charge is 1.86. The predicted molar refractivity (Wildman–Crippen MR) is 29.6 cm³/mol. The molecule has 1 aromatic heterocycles. The first-order valence-electron chi connectivity index (χ1n) is 2.27. The molecule has 1 N–H and O–H groups in total. The van der Waals surface area contributed by atoms with Crippen LogP contribution in [0.25, 0.3) is 0 Å². The lowest BCUT2D eigenvalue weighted by Gasteiger charge is -1.81. The Bertz CT molecular complexity index is 296. The summed E-state index contributed by atoms with van der Waals surface area (Å²) < 4.78 is 0. The van der Waals surface area contributed by atoms with Crippen LogP contribution >= 0.6 is 0 Å². The quantitative estimate of drug-likeness (QED) is 0.509. The number of H-pyrrole nitrogens is 1. The van der Waals surface area contributed by atoms with Crippen LogP contribution < -0.4 is 5.56 Å². The van der Waals surface area contributed by atoms with E-state index in [-0.39, 0.29) is 11.3 Å². The van der Waals surface area contributed by atoms with Crippen molar-refractivity contribution in [1.82, 2.24) is 9.97 Å². The van der Waals surface area contributed by atoms with Gasteiger partial charge in [-0.05, 0) is 0 Å². The van der Waals surface area contributed by atoms with Crippen LogP contribution in [0, 0.1) is 11.3 Å². The van der Waals surface area contributed by atoms with Crippen LogP contribution in [0.1, 0.15) is 5.69 Å². The zero-order valence-electron chi connectivity index (χ0n) is 4.46. The summed E-state index contributed by atoms with van der Waals surface area (Å²) in [5.41, 5.74) is -0.170. The summed E-state index contributed by atoms with van der Waals surface area (Å²) in [4.78, 5) is 16.1. The second-order valence-corrected chi connectivity index (χ2v) is 1.42. The molecule has 0 aliphatic heterocycles. The van der Waals surface area contributed by atoms with Crippen LogP contribution in [-0.4, -0.2) is 9.97 Å². The van der Waals surface area contributed by atoms with E-state index < -0.39 is 0 Å². The van der Waals surface area contributed by atoms with Crippen LogP contribution in [0.4, 0.5) is 0 Å². The van der Waals surface area contributed by atoms with Crippen LogP contribution in [0.15, 0.2) is 17.2 Å². The van der Waals surface area contributed by atoms with Gasteiger partial charge in [0.25, 0.3) is 5.56 Å². The molecule has 1 aromatic rings. The predicted octanol–water partition coefficient (Wildman–Crippen LogP) is -0.358. The standard InChI is InChI=1S/C5H3N3O/c6-1-4-2-7-3-5(9)8-4/h2-3H,(H,8,9). The minimum Gasteiger partial charge on any atom is -0.311 e. The third-order valence-electron chi connectivity index (χ3n) is 0.774. The van der Waals surface area contributed by atoms with Crippen LogP contribution in [0.3, 0.4) is 0 Å². The van der Waals surface area contributed by atoms with Crippen molar-refractivity contribution in [2.45, 2.75) is 0 Å². The van der Waals surface area contributed by atoms with Gasteiger partial charge in [0, 0.05) is 0 Å². The average Bonchev–Trinajstić information content (AvgIpc) is 1.88. The van der Waals surface area contributed by atoms with Gasteiger partial charge in [-0.15, -0.1) is 0 Å². The molecule has 1 rings (SSSR count). The number of nitrogens with zero attached hydrogens (tertiary/aromatic N) is 2. The third kappa shape index (κ3) is 1.13. The van der Waals surface area contributed by atoms with E-state index >= 15 is 0 Å². The molecule has 0 unspecified atom stereocenters. The number of hydrogen-bond donors (Lipinski definition) is 1. The average molecular weight is 121 g/mol. The van der Waals surface area contributed by atoms with Gasteiger partial charge in [-0.2, -0.15) is 5.26 Å². The van der Waals surface area contributed by atoms with E-state index in [0.717, 1.165) is 6.20 Å². The Morgan fingerprint density at radius 2 is 2.44 bits per heavy atom. The van der Waals surface area contributed by atoms with Crippen LogP contribution in [0.5, 0.6) is 0 Å². The van der Waals surface area contributed by atoms with Crippen molar-refractivity contribution in [3.05, 3.63) is 28.4 Å². The minimum absolute atomic E-state index is 0.183. The summed E-state index contributed by atoms with van der Waals surface area (Å²) in [6.45, 7) is 0. The molecule has 0 aromatic carbocycles. The van der Waals surface area contributed by atoms with Crippen molar-refractivity contribution in [2.75, 3.05) is 0 Å². The summed E-state index contributed by atoms with van der Waals surface area (Å²) >= 11 is 0. The summed E-state index contributed by atoms with van der Waals surface area (Å²) in [5.74, 6) is 0. The molecule has 0 amide bonds. The Labute approximate surface area is 50.8 Å². The second kappa shape index (κ2) is 2.09. The normalized spacial score (nSPS) is 8.33. The maximum Gasteiger partial charge on any atom is 0.267 e. The van der Waals surface area contributed by atoms with Crippen LogP contribution in [0.2, 0.25) is 0 Å². The van der Waals surface area contributed by atoms with Gasteiger partial charge >= 0.3 is 0 Å². The summed E-state index contributed by atoms with van der Waals surface area (Å²) in [6.07, 6.45) is 2.40. The highest BCUT2D eigenvalue weighted by molar-refractivity contribution is 5.13. The van der Waals surface area contributed by atoms with Gasteiger partial charge in [-0.3, -0.25) is 9.78 Å². The fourth-order valence-corrected chi connectivity index (χ4v) is 0.434. The van der Waals surface area contributed by atoms with Crippen molar-refractivity contribution in [3.63, 3.8) is 0 Å². The molecule has 0 radical (unpaired) electrons. The largest absolute Gasteiger partial charge is 0.311 e. The molecule has 0 atom stereocenters. The lowest BCUT2D eigenvalue weighted by molar-refractivity contribution is 1.11. The van der Waals surface area contributed by atoms with E-state index in [1.54, 1.807) is 6.07 Å². The maximum absolute atomic E-state index is 10.4. The molecule has 9 heavy (non-hydrogen) atoms. The number of nitrogens with one attached hydrogen (secondary N) is 1. The van der Waals surface area contributed by atoms with Gasteiger partial charge in [0.1, 0.15) is 11.8 Å². The number of aromatic nitrogens is 2.